The molecule has 0 aromatic heterocycles. The highest BCUT2D eigenvalue weighted by molar-refractivity contribution is 5.92. The molecule has 0 atom stereocenters. The summed E-state index contributed by atoms with van der Waals surface area (Å²) in [5.41, 5.74) is 4.82. The molecule has 1 amide bonds. The first kappa shape index (κ1) is 19.0. The Balaban J connectivity index is 1.23. The third-order valence-electron chi connectivity index (χ3n) is 5.61. The molecule has 2 aromatic rings. The zero-order valence-corrected chi connectivity index (χ0v) is 16.6. The van der Waals surface area contributed by atoms with Gasteiger partial charge in [0.05, 0.1) is 13.2 Å². The molecular weight excluding hydrogens is 350 g/mol. The first-order chi connectivity index (χ1) is 13.7. The SMILES string of the molecule is CCc1cccc(NC(=O)CN2CCN(Cc3ccc4c(c3)CCO4)CC2)c1. The molecular formula is C23H29N3O2. The molecule has 148 valence electrons. The number of piperazine rings is 1. The summed E-state index contributed by atoms with van der Waals surface area (Å²) in [4.78, 5) is 17.1. The van der Waals surface area contributed by atoms with Gasteiger partial charge in [-0.05, 0) is 41.3 Å². The second kappa shape index (κ2) is 8.76. The van der Waals surface area contributed by atoms with Gasteiger partial charge in [-0.2, -0.15) is 0 Å². The van der Waals surface area contributed by atoms with E-state index in [9.17, 15) is 4.79 Å². The van der Waals surface area contributed by atoms with Gasteiger partial charge in [-0.15, -0.1) is 0 Å². The largest absolute Gasteiger partial charge is 0.493 e. The van der Waals surface area contributed by atoms with Gasteiger partial charge in [-0.3, -0.25) is 14.6 Å². The number of anilines is 1. The van der Waals surface area contributed by atoms with Crippen LogP contribution in [0.1, 0.15) is 23.6 Å². The average Bonchev–Trinajstić information content (AvgIpc) is 3.17. The second-order valence-electron chi connectivity index (χ2n) is 7.69. The van der Waals surface area contributed by atoms with Crippen LogP contribution >= 0.6 is 0 Å². The van der Waals surface area contributed by atoms with E-state index in [0.717, 1.165) is 63.6 Å². The maximum Gasteiger partial charge on any atom is 0.238 e. The van der Waals surface area contributed by atoms with Crippen LogP contribution in [0.2, 0.25) is 0 Å². The van der Waals surface area contributed by atoms with E-state index in [2.05, 4.69) is 52.4 Å². The van der Waals surface area contributed by atoms with Gasteiger partial charge in [0.15, 0.2) is 0 Å². The van der Waals surface area contributed by atoms with E-state index >= 15 is 0 Å². The van der Waals surface area contributed by atoms with Crippen molar-refractivity contribution >= 4 is 11.6 Å². The van der Waals surface area contributed by atoms with Crippen molar-refractivity contribution in [1.29, 1.82) is 0 Å². The summed E-state index contributed by atoms with van der Waals surface area (Å²) >= 11 is 0. The number of benzene rings is 2. The Labute approximate surface area is 167 Å². The van der Waals surface area contributed by atoms with Gasteiger partial charge in [0, 0.05) is 44.8 Å². The number of nitrogens with zero attached hydrogens (tertiary/aromatic N) is 2. The van der Waals surface area contributed by atoms with Crippen molar-refractivity contribution in [2.24, 2.45) is 0 Å². The Bertz CT molecular complexity index is 828. The molecule has 2 aliphatic heterocycles. The average molecular weight is 380 g/mol. The maximum absolute atomic E-state index is 12.4. The van der Waals surface area contributed by atoms with Crippen LogP contribution in [-0.4, -0.2) is 55.0 Å². The molecule has 2 aliphatic rings. The van der Waals surface area contributed by atoms with Crippen LogP contribution in [0.25, 0.3) is 0 Å². The highest BCUT2D eigenvalue weighted by atomic mass is 16.5. The van der Waals surface area contributed by atoms with E-state index < -0.39 is 0 Å². The van der Waals surface area contributed by atoms with Crippen LogP contribution in [0.5, 0.6) is 5.75 Å². The third kappa shape index (κ3) is 4.72. The normalized spacial score (nSPS) is 17.2. The van der Waals surface area contributed by atoms with E-state index in [0.29, 0.717) is 6.54 Å². The zero-order valence-electron chi connectivity index (χ0n) is 16.6. The molecule has 4 rings (SSSR count). The van der Waals surface area contributed by atoms with Gasteiger partial charge < -0.3 is 10.1 Å². The molecule has 0 unspecified atom stereocenters. The monoisotopic (exact) mass is 379 g/mol. The summed E-state index contributed by atoms with van der Waals surface area (Å²) in [5.74, 6) is 1.12. The lowest BCUT2D eigenvalue weighted by atomic mass is 10.1. The summed E-state index contributed by atoms with van der Waals surface area (Å²) in [5, 5.41) is 3.03. The van der Waals surface area contributed by atoms with Gasteiger partial charge in [0.2, 0.25) is 5.91 Å². The highest BCUT2D eigenvalue weighted by Gasteiger charge is 2.20. The number of aryl methyl sites for hydroxylation is 1. The van der Waals surface area contributed by atoms with Crippen molar-refractivity contribution < 1.29 is 9.53 Å². The lowest BCUT2D eigenvalue weighted by Gasteiger charge is -2.34. The number of carbonyl (C=O) groups is 1. The lowest BCUT2D eigenvalue weighted by Crippen LogP contribution is -2.48. The van der Waals surface area contributed by atoms with Crippen LogP contribution in [0.15, 0.2) is 42.5 Å². The molecule has 1 saturated heterocycles. The molecule has 0 bridgehead atoms. The number of carbonyl (C=O) groups excluding carboxylic acids is 1. The summed E-state index contributed by atoms with van der Waals surface area (Å²) in [6, 6.07) is 14.7. The third-order valence-corrected chi connectivity index (χ3v) is 5.61. The van der Waals surface area contributed by atoms with E-state index in [1.165, 1.54) is 16.7 Å². The smallest absolute Gasteiger partial charge is 0.238 e. The van der Waals surface area contributed by atoms with Gasteiger partial charge in [-0.25, -0.2) is 0 Å². The fourth-order valence-electron chi connectivity index (χ4n) is 3.97. The van der Waals surface area contributed by atoms with Crippen molar-refractivity contribution in [2.45, 2.75) is 26.3 Å². The molecule has 5 heteroatoms. The number of hydrogen-bond acceptors (Lipinski definition) is 4. The highest BCUT2D eigenvalue weighted by Crippen LogP contribution is 2.26. The molecule has 0 saturated carbocycles. The van der Waals surface area contributed by atoms with Crippen molar-refractivity contribution in [3.63, 3.8) is 0 Å². The molecule has 0 radical (unpaired) electrons. The molecule has 0 aliphatic carbocycles. The van der Waals surface area contributed by atoms with Crippen LogP contribution in [0, 0.1) is 0 Å². The Morgan fingerprint density at radius 2 is 1.86 bits per heavy atom. The van der Waals surface area contributed by atoms with Gasteiger partial charge in [-0.1, -0.05) is 31.2 Å². The number of ether oxygens (including phenoxy) is 1. The Morgan fingerprint density at radius 3 is 2.68 bits per heavy atom. The minimum atomic E-state index is 0.0697. The fraction of sp³-hybridized carbons (Fsp3) is 0.435. The number of amides is 1. The Morgan fingerprint density at radius 1 is 1.04 bits per heavy atom. The summed E-state index contributed by atoms with van der Waals surface area (Å²) < 4.78 is 5.59. The quantitative estimate of drug-likeness (QED) is 0.838. The second-order valence-corrected chi connectivity index (χ2v) is 7.69. The van der Waals surface area contributed by atoms with E-state index in [1.807, 2.05) is 12.1 Å². The summed E-state index contributed by atoms with van der Waals surface area (Å²) in [6.45, 7) is 8.20. The van der Waals surface area contributed by atoms with Gasteiger partial charge in [0.25, 0.3) is 0 Å². The van der Waals surface area contributed by atoms with Crippen molar-refractivity contribution in [3.8, 4) is 5.75 Å². The van der Waals surface area contributed by atoms with Crippen LogP contribution in [0.3, 0.4) is 0 Å². The van der Waals surface area contributed by atoms with Crippen LogP contribution in [0.4, 0.5) is 5.69 Å². The van der Waals surface area contributed by atoms with E-state index in [4.69, 9.17) is 4.74 Å². The summed E-state index contributed by atoms with van der Waals surface area (Å²) in [7, 11) is 0. The standard InChI is InChI=1S/C23H29N3O2/c1-2-18-4-3-5-21(15-18)24-23(27)17-26-11-9-25(10-12-26)16-19-6-7-22-20(14-19)8-13-28-22/h3-7,14-15H,2,8-13,16-17H2,1H3,(H,24,27). The number of fused-ring (bicyclic) bond motifs is 1. The Kier molecular flexibility index (Phi) is 5.93. The van der Waals surface area contributed by atoms with E-state index in [-0.39, 0.29) is 5.91 Å². The van der Waals surface area contributed by atoms with E-state index in [1.54, 1.807) is 0 Å². The minimum absolute atomic E-state index is 0.0697. The van der Waals surface area contributed by atoms with Crippen LogP contribution in [-0.2, 0) is 24.2 Å². The fourth-order valence-corrected chi connectivity index (χ4v) is 3.97. The molecule has 2 aromatic carbocycles. The molecule has 0 spiro atoms. The van der Waals surface area contributed by atoms with Crippen molar-refractivity contribution in [3.05, 3.63) is 59.2 Å². The Hall–Kier alpha value is -2.37. The lowest BCUT2D eigenvalue weighted by molar-refractivity contribution is -0.117. The number of nitrogens with one attached hydrogen (secondary N) is 1. The topological polar surface area (TPSA) is 44.8 Å². The van der Waals surface area contributed by atoms with Gasteiger partial charge >= 0.3 is 0 Å². The molecule has 1 N–H and O–H groups in total. The number of hydrogen-bond donors (Lipinski definition) is 1. The first-order valence-electron chi connectivity index (χ1n) is 10.3. The van der Waals surface area contributed by atoms with Gasteiger partial charge in [0.1, 0.15) is 5.75 Å². The zero-order chi connectivity index (χ0) is 19.3. The predicted molar refractivity (Wildman–Crippen MR) is 112 cm³/mol. The number of rotatable bonds is 6. The van der Waals surface area contributed by atoms with Crippen molar-refractivity contribution in [1.82, 2.24) is 9.80 Å². The van der Waals surface area contributed by atoms with Crippen molar-refractivity contribution in [2.75, 3.05) is 44.6 Å². The molecule has 1 fully saturated rings. The minimum Gasteiger partial charge on any atom is -0.493 e. The molecule has 2 heterocycles. The van der Waals surface area contributed by atoms with Crippen LogP contribution < -0.4 is 10.1 Å². The summed E-state index contributed by atoms with van der Waals surface area (Å²) in [6.07, 6.45) is 2.00. The molecule has 28 heavy (non-hydrogen) atoms. The maximum atomic E-state index is 12.4. The molecule has 5 nitrogen and oxygen atoms in total. The first-order valence-corrected chi connectivity index (χ1v) is 10.3. The predicted octanol–water partition coefficient (Wildman–Crippen LogP) is 2.94.